The Morgan fingerprint density at radius 2 is 1.48 bits per heavy atom. The number of para-hydroxylation sites is 1. The number of aryl methyl sites for hydroxylation is 1. The van der Waals surface area contributed by atoms with Gasteiger partial charge < -0.3 is 19.1 Å². The summed E-state index contributed by atoms with van der Waals surface area (Å²) in [6.45, 7) is 2.10. The molecular weight excluding hydrogens is 410 g/mol. The van der Waals surface area contributed by atoms with Crippen LogP contribution in [0, 0.1) is 6.92 Å². The van der Waals surface area contributed by atoms with E-state index in [2.05, 4.69) is 72.0 Å². The van der Waals surface area contributed by atoms with Gasteiger partial charge in [-0.05, 0) is 37.3 Å². The van der Waals surface area contributed by atoms with Crippen molar-refractivity contribution in [1.29, 1.82) is 0 Å². The van der Waals surface area contributed by atoms with Crippen molar-refractivity contribution in [2.45, 2.75) is 12.5 Å². The number of esters is 1. The average Bonchev–Trinajstić information content (AvgIpc) is 3.25. The number of nitrogens with zero attached hydrogens (tertiary/aromatic N) is 3. The number of aromatic nitrogens is 1. The number of cyclic esters (lactones) is 1. The van der Waals surface area contributed by atoms with E-state index in [1.54, 1.807) is 0 Å². The first-order valence-corrected chi connectivity index (χ1v) is 11.1. The van der Waals surface area contributed by atoms with Gasteiger partial charge in [0.1, 0.15) is 0 Å². The van der Waals surface area contributed by atoms with Crippen molar-refractivity contribution in [1.82, 2.24) is 4.57 Å². The highest BCUT2D eigenvalue weighted by Crippen LogP contribution is 2.51. The number of hydrogen-bond donors (Lipinski definition) is 0. The standard InChI is InChI=1S/C28H29N3O2/c1-18-26(22-9-7-8-10-25(22)31(18)6)28(19-11-13-20(14-12-19)29(2)3)24-16-15-21(30(4)5)17-23(24)27(32)33-28/h7-17H,1-6H3. The lowest BCUT2D eigenvalue weighted by Gasteiger charge is -2.31. The Morgan fingerprint density at radius 3 is 2.15 bits per heavy atom. The Kier molecular flexibility index (Phi) is 4.74. The highest BCUT2D eigenvalue weighted by Gasteiger charge is 2.51. The van der Waals surface area contributed by atoms with E-state index in [-0.39, 0.29) is 5.97 Å². The van der Waals surface area contributed by atoms with E-state index < -0.39 is 5.60 Å². The van der Waals surface area contributed by atoms with Gasteiger partial charge in [-0.3, -0.25) is 0 Å². The van der Waals surface area contributed by atoms with Crippen LogP contribution >= 0.6 is 0 Å². The highest BCUT2D eigenvalue weighted by molar-refractivity contribution is 5.99. The largest absolute Gasteiger partial charge is 0.440 e. The second-order valence-electron chi connectivity index (χ2n) is 9.17. The normalized spacial score (nSPS) is 17.2. The molecule has 0 saturated heterocycles. The van der Waals surface area contributed by atoms with Crippen LogP contribution in [0.5, 0.6) is 0 Å². The van der Waals surface area contributed by atoms with Crippen molar-refractivity contribution < 1.29 is 9.53 Å². The molecule has 0 spiro atoms. The summed E-state index contributed by atoms with van der Waals surface area (Å²) < 4.78 is 8.63. The van der Waals surface area contributed by atoms with E-state index in [9.17, 15) is 4.79 Å². The molecule has 0 saturated carbocycles. The minimum absolute atomic E-state index is 0.294. The topological polar surface area (TPSA) is 37.7 Å². The fourth-order valence-electron chi connectivity index (χ4n) is 5.04. The third-order valence-electron chi connectivity index (χ3n) is 6.91. The first-order valence-electron chi connectivity index (χ1n) is 11.1. The highest BCUT2D eigenvalue weighted by atomic mass is 16.6. The van der Waals surface area contributed by atoms with E-state index in [0.717, 1.165) is 44.7 Å². The summed E-state index contributed by atoms with van der Waals surface area (Å²) in [7, 11) is 10.1. The van der Waals surface area contributed by atoms with Gasteiger partial charge >= 0.3 is 5.97 Å². The molecule has 0 fully saturated rings. The summed E-state index contributed by atoms with van der Waals surface area (Å²) in [5.41, 5.74) is 6.69. The van der Waals surface area contributed by atoms with Crippen molar-refractivity contribution in [3.8, 4) is 0 Å². The monoisotopic (exact) mass is 439 g/mol. The molecule has 4 aromatic rings. The van der Waals surface area contributed by atoms with Gasteiger partial charge in [-0.1, -0.05) is 36.4 Å². The van der Waals surface area contributed by atoms with E-state index in [0.29, 0.717) is 5.56 Å². The molecule has 168 valence electrons. The first-order chi connectivity index (χ1) is 15.8. The summed E-state index contributed by atoms with van der Waals surface area (Å²) in [4.78, 5) is 17.4. The molecular formula is C28H29N3O2. The molecule has 0 radical (unpaired) electrons. The van der Waals surface area contributed by atoms with Gasteiger partial charge in [0.15, 0.2) is 5.60 Å². The molecule has 0 bridgehead atoms. The Labute approximate surface area is 194 Å². The van der Waals surface area contributed by atoms with E-state index in [1.165, 1.54) is 0 Å². The smallest absolute Gasteiger partial charge is 0.340 e. The zero-order valence-corrected chi connectivity index (χ0v) is 20.0. The summed E-state index contributed by atoms with van der Waals surface area (Å²) in [6, 6.07) is 22.7. The fraction of sp³-hybridized carbons (Fsp3) is 0.250. The molecule has 1 aliphatic rings. The molecule has 1 aromatic heterocycles. The molecule has 1 aliphatic heterocycles. The van der Waals surface area contributed by atoms with Crippen LogP contribution in [0.1, 0.15) is 32.7 Å². The quantitative estimate of drug-likeness (QED) is 0.416. The van der Waals surface area contributed by atoms with Gasteiger partial charge in [0.25, 0.3) is 0 Å². The minimum Gasteiger partial charge on any atom is -0.440 e. The van der Waals surface area contributed by atoms with Gasteiger partial charge in [-0.15, -0.1) is 0 Å². The van der Waals surface area contributed by atoms with Gasteiger partial charge in [-0.25, -0.2) is 4.79 Å². The lowest BCUT2D eigenvalue weighted by atomic mass is 9.78. The van der Waals surface area contributed by atoms with Crippen LogP contribution in [0.3, 0.4) is 0 Å². The molecule has 3 aromatic carbocycles. The third kappa shape index (κ3) is 2.95. The molecule has 5 nitrogen and oxygen atoms in total. The molecule has 0 N–H and O–H groups in total. The summed E-state index contributed by atoms with van der Waals surface area (Å²) >= 11 is 0. The van der Waals surface area contributed by atoms with Gasteiger partial charge in [-0.2, -0.15) is 0 Å². The third-order valence-corrected chi connectivity index (χ3v) is 6.91. The fourth-order valence-corrected chi connectivity index (χ4v) is 5.04. The van der Waals surface area contributed by atoms with Crippen LogP contribution in [0.25, 0.3) is 10.9 Å². The number of carbonyl (C=O) groups excluding carboxylic acids is 1. The van der Waals surface area contributed by atoms with Crippen molar-refractivity contribution in [2.75, 3.05) is 38.0 Å². The zero-order chi connectivity index (χ0) is 23.5. The van der Waals surface area contributed by atoms with Crippen molar-refractivity contribution in [3.05, 3.63) is 94.7 Å². The molecule has 0 aliphatic carbocycles. The Hall–Kier alpha value is -3.73. The Balaban J connectivity index is 1.88. The summed E-state index contributed by atoms with van der Waals surface area (Å²) in [5.74, 6) is -0.294. The molecule has 5 heteroatoms. The molecule has 1 unspecified atom stereocenters. The number of anilines is 2. The van der Waals surface area contributed by atoms with Gasteiger partial charge in [0.05, 0.1) is 5.56 Å². The van der Waals surface area contributed by atoms with E-state index in [4.69, 9.17) is 4.74 Å². The van der Waals surface area contributed by atoms with Crippen LogP contribution in [0.4, 0.5) is 11.4 Å². The van der Waals surface area contributed by atoms with Crippen LogP contribution in [0.2, 0.25) is 0 Å². The Bertz CT molecular complexity index is 1380. The molecule has 0 amide bonds. The number of benzene rings is 3. The molecule has 2 heterocycles. The molecule has 5 rings (SSSR count). The number of carbonyl (C=O) groups is 1. The molecule has 33 heavy (non-hydrogen) atoms. The van der Waals surface area contributed by atoms with Crippen molar-refractivity contribution in [3.63, 3.8) is 0 Å². The lowest BCUT2D eigenvalue weighted by Crippen LogP contribution is -2.30. The maximum atomic E-state index is 13.4. The second-order valence-corrected chi connectivity index (χ2v) is 9.17. The predicted molar refractivity (Wildman–Crippen MR) is 134 cm³/mol. The van der Waals surface area contributed by atoms with Crippen LogP contribution in [-0.2, 0) is 17.4 Å². The second kappa shape index (κ2) is 7.41. The maximum absolute atomic E-state index is 13.4. The van der Waals surface area contributed by atoms with Crippen LogP contribution in [0.15, 0.2) is 66.7 Å². The first kappa shape index (κ1) is 21.1. The van der Waals surface area contributed by atoms with Crippen LogP contribution in [-0.4, -0.2) is 38.7 Å². The van der Waals surface area contributed by atoms with Gasteiger partial charge in [0, 0.05) is 79.9 Å². The summed E-state index contributed by atoms with van der Waals surface area (Å²) in [6.07, 6.45) is 0. The van der Waals surface area contributed by atoms with E-state index >= 15 is 0 Å². The van der Waals surface area contributed by atoms with Crippen molar-refractivity contribution >= 4 is 28.2 Å². The molecule has 1 atom stereocenters. The maximum Gasteiger partial charge on any atom is 0.340 e. The number of rotatable bonds is 4. The minimum atomic E-state index is -1.02. The number of hydrogen-bond acceptors (Lipinski definition) is 4. The van der Waals surface area contributed by atoms with Crippen molar-refractivity contribution in [2.24, 2.45) is 7.05 Å². The lowest BCUT2D eigenvalue weighted by molar-refractivity contribution is 0.0253. The number of fused-ring (bicyclic) bond motifs is 2. The Morgan fingerprint density at radius 1 is 0.848 bits per heavy atom. The SMILES string of the molecule is Cc1c(C2(c3ccc(N(C)C)cc3)OC(=O)c3cc(N(C)C)ccc32)c2ccccc2n1C. The predicted octanol–water partition coefficient (Wildman–Crippen LogP) is 5.08. The average molecular weight is 440 g/mol. The van der Waals surface area contributed by atoms with Crippen LogP contribution < -0.4 is 9.80 Å². The van der Waals surface area contributed by atoms with Gasteiger partial charge in [0.2, 0.25) is 0 Å². The zero-order valence-electron chi connectivity index (χ0n) is 20.0. The van der Waals surface area contributed by atoms with E-state index in [1.807, 2.05) is 51.3 Å². The number of ether oxygens (including phenoxy) is 1. The summed E-state index contributed by atoms with van der Waals surface area (Å²) in [5, 5.41) is 1.09.